The summed E-state index contributed by atoms with van der Waals surface area (Å²) in [6.45, 7) is 3.53. The van der Waals surface area contributed by atoms with Gasteiger partial charge in [0, 0.05) is 43.6 Å². The Morgan fingerprint density at radius 2 is 1.88 bits per heavy atom. The van der Waals surface area contributed by atoms with Crippen molar-refractivity contribution in [3.63, 3.8) is 0 Å². The highest BCUT2D eigenvalue weighted by atomic mass is 16.2. The van der Waals surface area contributed by atoms with Crippen LogP contribution in [0.1, 0.15) is 16.1 Å². The average molecular weight is 353 g/mol. The number of carbonyl (C=O) groups excluding carboxylic acids is 2. The number of nitrogens with one attached hydrogen (secondary N) is 2. The van der Waals surface area contributed by atoms with Crippen molar-refractivity contribution in [2.75, 3.05) is 38.5 Å². The number of aromatic nitrogens is 1. The summed E-state index contributed by atoms with van der Waals surface area (Å²) in [4.78, 5) is 32.9. The third-order valence-electron chi connectivity index (χ3n) is 4.31. The number of benzene rings is 1. The van der Waals surface area contributed by atoms with Crippen LogP contribution < -0.4 is 10.6 Å². The molecule has 0 radical (unpaired) electrons. The maximum atomic E-state index is 12.6. The Balaban J connectivity index is 1.56. The van der Waals surface area contributed by atoms with Gasteiger partial charge < -0.3 is 20.4 Å². The second kappa shape index (κ2) is 8.44. The molecule has 136 valence electrons. The molecule has 0 bridgehead atoms. The molecule has 3 rings (SSSR count). The number of pyridine rings is 1. The molecule has 1 saturated heterocycles. The van der Waals surface area contributed by atoms with Crippen molar-refractivity contribution in [2.24, 2.45) is 0 Å². The molecule has 1 fully saturated rings. The molecule has 0 saturated carbocycles. The molecule has 0 spiro atoms. The first-order chi connectivity index (χ1) is 12.6. The van der Waals surface area contributed by atoms with E-state index in [4.69, 9.17) is 0 Å². The highest BCUT2D eigenvalue weighted by molar-refractivity contribution is 5.97. The molecule has 3 amide bonds. The Hall–Kier alpha value is -2.93. The summed E-state index contributed by atoms with van der Waals surface area (Å²) in [5.74, 6) is -0.00403. The van der Waals surface area contributed by atoms with Gasteiger partial charge in [0.1, 0.15) is 0 Å². The Morgan fingerprint density at radius 3 is 2.62 bits per heavy atom. The number of hydrogen-bond donors (Lipinski definition) is 2. The number of rotatable bonds is 4. The molecular formula is C19H23N5O2. The molecule has 0 aliphatic carbocycles. The van der Waals surface area contributed by atoms with Gasteiger partial charge in [0.2, 0.25) is 0 Å². The Morgan fingerprint density at radius 1 is 1.08 bits per heavy atom. The summed E-state index contributed by atoms with van der Waals surface area (Å²) in [7, 11) is 2.05. The second-order valence-electron chi connectivity index (χ2n) is 6.31. The minimum atomic E-state index is -0.333. The molecule has 26 heavy (non-hydrogen) atoms. The predicted molar refractivity (Wildman–Crippen MR) is 99.9 cm³/mol. The Kier molecular flexibility index (Phi) is 5.80. The summed E-state index contributed by atoms with van der Waals surface area (Å²) < 4.78 is 0. The zero-order valence-corrected chi connectivity index (χ0v) is 14.8. The van der Waals surface area contributed by atoms with Gasteiger partial charge in [-0.3, -0.25) is 9.78 Å². The van der Waals surface area contributed by atoms with Gasteiger partial charge in [-0.15, -0.1) is 0 Å². The molecule has 1 aromatic carbocycles. The maximum absolute atomic E-state index is 12.6. The van der Waals surface area contributed by atoms with E-state index in [1.165, 1.54) is 0 Å². The minimum absolute atomic E-state index is 0.00403. The Labute approximate surface area is 153 Å². The van der Waals surface area contributed by atoms with Crippen molar-refractivity contribution in [1.29, 1.82) is 0 Å². The molecule has 1 aliphatic heterocycles. The van der Waals surface area contributed by atoms with Gasteiger partial charge in [0.05, 0.1) is 12.2 Å². The van der Waals surface area contributed by atoms with E-state index in [1.807, 2.05) is 23.1 Å². The molecule has 7 heteroatoms. The van der Waals surface area contributed by atoms with Crippen LogP contribution in [-0.2, 0) is 6.54 Å². The number of hydrogen-bond acceptors (Lipinski definition) is 4. The quantitative estimate of drug-likeness (QED) is 0.879. The molecule has 7 nitrogen and oxygen atoms in total. The largest absolute Gasteiger partial charge is 0.336 e. The third-order valence-corrected chi connectivity index (χ3v) is 4.31. The number of piperazine rings is 1. The van der Waals surface area contributed by atoms with E-state index in [0.29, 0.717) is 17.8 Å². The van der Waals surface area contributed by atoms with Crippen LogP contribution in [0.4, 0.5) is 10.5 Å². The van der Waals surface area contributed by atoms with Crippen molar-refractivity contribution in [2.45, 2.75) is 6.54 Å². The van der Waals surface area contributed by atoms with Crippen LogP contribution in [0.2, 0.25) is 0 Å². The first-order valence-electron chi connectivity index (χ1n) is 8.64. The summed E-state index contributed by atoms with van der Waals surface area (Å²) in [5, 5.41) is 5.51. The van der Waals surface area contributed by atoms with Crippen molar-refractivity contribution < 1.29 is 9.59 Å². The average Bonchev–Trinajstić information content (AvgIpc) is 2.67. The van der Waals surface area contributed by atoms with Gasteiger partial charge in [0.15, 0.2) is 0 Å². The number of anilines is 1. The van der Waals surface area contributed by atoms with Crippen molar-refractivity contribution in [3.8, 4) is 0 Å². The lowest BCUT2D eigenvalue weighted by atomic mass is 10.1. The SMILES string of the molecule is CN1CCN(C(=O)c2cccc(NC(=O)NCc3ccccn3)c2)CC1. The second-order valence-corrected chi connectivity index (χ2v) is 6.31. The van der Waals surface area contributed by atoms with Gasteiger partial charge in [0.25, 0.3) is 5.91 Å². The van der Waals surface area contributed by atoms with Crippen LogP contribution >= 0.6 is 0 Å². The van der Waals surface area contributed by atoms with Crippen molar-refractivity contribution in [3.05, 3.63) is 59.9 Å². The summed E-state index contributed by atoms with van der Waals surface area (Å²) in [6.07, 6.45) is 1.68. The topological polar surface area (TPSA) is 77.6 Å². The number of nitrogens with zero attached hydrogens (tertiary/aromatic N) is 3. The van der Waals surface area contributed by atoms with Crippen LogP contribution in [0.5, 0.6) is 0 Å². The van der Waals surface area contributed by atoms with E-state index in [9.17, 15) is 9.59 Å². The molecule has 1 aromatic heterocycles. The van der Waals surface area contributed by atoms with E-state index in [0.717, 1.165) is 31.9 Å². The van der Waals surface area contributed by atoms with E-state index >= 15 is 0 Å². The van der Waals surface area contributed by atoms with E-state index < -0.39 is 0 Å². The molecule has 2 heterocycles. The van der Waals surface area contributed by atoms with Crippen LogP contribution in [0.15, 0.2) is 48.7 Å². The fourth-order valence-electron chi connectivity index (χ4n) is 2.77. The maximum Gasteiger partial charge on any atom is 0.319 e. The molecule has 0 atom stereocenters. The monoisotopic (exact) mass is 353 g/mol. The fourth-order valence-corrected chi connectivity index (χ4v) is 2.77. The van der Waals surface area contributed by atoms with Crippen LogP contribution in [0.25, 0.3) is 0 Å². The standard InChI is InChI=1S/C19H23N5O2/c1-23-9-11-24(12-10-23)18(25)15-5-4-7-16(13-15)22-19(26)21-14-17-6-2-3-8-20-17/h2-8,13H,9-12,14H2,1H3,(H2,21,22,26). The number of carbonyl (C=O) groups is 2. The zero-order chi connectivity index (χ0) is 18.4. The summed E-state index contributed by atoms with van der Waals surface area (Å²) in [6, 6.07) is 12.2. The first-order valence-corrected chi connectivity index (χ1v) is 8.64. The van der Waals surface area contributed by atoms with E-state index in [2.05, 4.69) is 27.6 Å². The minimum Gasteiger partial charge on any atom is -0.336 e. The molecule has 2 aromatic rings. The van der Waals surface area contributed by atoms with Gasteiger partial charge in [-0.25, -0.2) is 4.79 Å². The van der Waals surface area contributed by atoms with Crippen LogP contribution in [0, 0.1) is 0 Å². The zero-order valence-electron chi connectivity index (χ0n) is 14.8. The number of urea groups is 1. The molecule has 0 unspecified atom stereocenters. The Bertz CT molecular complexity index is 758. The number of amides is 3. The van der Waals surface area contributed by atoms with Gasteiger partial charge in [-0.1, -0.05) is 12.1 Å². The lowest BCUT2D eigenvalue weighted by Gasteiger charge is -2.32. The third kappa shape index (κ3) is 4.80. The molecule has 1 aliphatic rings. The summed E-state index contributed by atoms with van der Waals surface area (Å²) >= 11 is 0. The summed E-state index contributed by atoms with van der Waals surface area (Å²) in [5.41, 5.74) is 1.95. The van der Waals surface area contributed by atoms with Gasteiger partial charge >= 0.3 is 6.03 Å². The lowest BCUT2D eigenvalue weighted by molar-refractivity contribution is 0.0664. The van der Waals surface area contributed by atoms with Gasteiger partial charge in [-0.05, 0) is 37.4 Å². The van der Waals surface area contributed by atoms with E-state index in [-0.39, 0.29) is 11.9 Å². The number of likely N-dealkylation sites (N-methyl/N-ethyl adjacent to an activating group) is 1. The van der Waals surface area contributed by atoms with Crippen molar-refractivity contribution in [1.82, 2.24) is 20.1 Å². The first kappa shape index (κ1) is 17.9. The lowest BCUT2D eigenvalue weighted by Crippen LogP contribution is -2.47. The van der Waals surface area contributed by atoms with Crippen LogP contribution in [-0.4, -0.2) is 59.9 Å². The highest BCUT2D eigenvalue weighted by Gasteiger charge is 2.20. The molecular weight excluding hydrogens is 330 g/mol. The van der Waals surface area contributed by atoms with Crippen LogP contribution in [0.3, 0.4) is 0 Å². The highest BCUT2D eigenvalue weighted by Crippen LogP contribution is 2.14. The van der Waals surface area contributed by atoms with Gasteiger partial charge in [-0.2, -0.15) is 0 Å². The molecule has 2 N–H and O–H groups in total. The normalized spacial score (nSPS) is 14.7. The van der Waals surface area contributed by atoms with Crippen molar-refractivity contribution >= 4 is 17.6 Å². The predicted octanol–water partition coefficient (Wildman–Crippen LogP) is 1.79. The van der Waals surface area contributed by atoms with E-state index in [1.54, 1.807) is 30.5 Å². The smallest absolute Gasteiger partial charge is 0.319 e. The fraction of sp³-hybridized carbons (Fsp3) is 0.316.